The summed E-state index contributed by atoms with van der Waals surface area (Å²) in [5, 5.41) is 5.34. The van der Waals surface area contributed by atoms with E-state index < -0.39 is 0 Å². The first kappa shape index (κ1) is 14.9. The molecular formula is C14H14ClFN2OS. The van der Waals surface area contributed by atoms with Gasteiger partial charge in [-0.05, 0) is 18.1 Å². The number of carbonyl (C=O) groups excluding carboxylic acids is 1. The predicted molar refractivity (Wildman–Crippen MR) is 78.5 cm³/mol. The highest BCUT2D eigenvalue weighted by Gasteiger charge is 2.08. The molecule has 3 nitrogen and oxygen atoms in total. The number of alkyl halides is 1. The number of nitrogens with one attached hydrogen (secondary N) is 1. The maximum Gasteiger partial charge on any atom is 0.226 e. The molecule has 0 fully saturated rings. The first-order valence-electron chi connectivity index (χ1n) is 6.18. The highest BCUT2D eigenvalue weighted by molar-refractivity contribution is 7.09. The van der Waals surface area contributed by atoms with Gasteiger partial charge < -0.3 is 5.32 Å². The van der Waals surface area contributed by atoms with E-state index in [1.165, 1.54) is 17.4 Å². The smallest absolute Gasteiger partial charge is 0.226 e. The second-order valence-electron chi connectivity index (χ2n) is 4.23. The Labute approximate surface area is 125 Å². The van der Waals surface area contributed by atoms with E-state index in [0.29, 0.717) is 24.4 Å². The first-order valence-corrected chi connectivity index (χ1v) is 7.60. The van der Waals surface area contributed by atoms with Crippen LogP contribution in [0.1, 0.15) is 16.3 Å². The first-order chi connectivity index (χ1) is 9.69. The van der Waals surface area contributed by atoms with Crippen molar-refractivity contribution in [1.82, 2.24) is 10.3 Å². The number of hydrogen-bond acceptors (Lipinski definition) is 3. The van der Waals surface area contributed by atoms with E-state index in [0.717, 1.165) is 10.7 Å². The van der Waals surface area contributed by atoms with E-state index in [1.807, 2.05) is 5.38 Å². The molecule has 2 rings (SSSR count). The lowest BCUT2D eigenvalue weighted by molar-refractivity contribution is -0.120. The van der Waals surface area contributed by atoms with E-state index in [1.54, 1.807) is 18.2 Å². The summed E-state index contributed by atoms with van der Waals surface area (Å²) in [4.78, 5) is 15.9. The average Bonchev–Trinajstić information content (AvgIpc) is 2.88. The van der Waals surface area contributed by atoms with Gasteiger partial charge in [0.15, 0.2) is 0 Å². The van der Waals surface area contributed by atoms with Crippen molar-refractivity contribution in [2.24, 2.45) is 0 Å². The largest absolute Gasteiger partial charge is 0.355 e. The molecule has 0 spiro atoms. The van der Waals surface area contributed by atoms with Gasteiger partial charge in [0, 0.05) is 11.9 Å². The summed E-state index contributed by atoms with van der Waals surface area (Å²) in [6, 6.07) is 6.56. The summed E-state index contributed by atoms with van der Waals surface area (Å²) in [5.74, 6) is -0.00368. The van der Waals surface area contributed by atoms with Crippen molar-refractivity contribution in [3.05, 3.63) is 51.7 Å². The van der Waals surface area contributed by atoms with Gasteiger partial charge >= 0.3 is 0 Å². The lowest BCUT2D eigenvalue weighted by atomic mass is 10.1. The standard InChI is InChI=1S/C14H14ClFN2OS/c15-8-11-9-20-14(18-11)7-13(19)17-6-5-10-3-1-2-4-12(10)16/h1-4,9H,5-8H2,(H,17,19). The number of rotatable bonds is 6. The van der Waals surface area contributed by atoms with E-state index in [2.05, 4.69) is 10.3 Å². The van der Waals surface area contributed by atoms with Crippen LogP contribution in [-0.2, 0) is 23.5 Å². The molecule has 0 aliphatic rings. The number of halogens is 2. The van der Waals surface area contributed by atoms with Crippen LogP contribution in [0.3, 0.4) is 0 Å². The van der Waals surface area contributed by atoms with Gasteiger partial charge in [0.05, 0.1) is 18.0 Å². The highest BCUT2D eigenvalue weighted by atomic mass is 35.5. The van der Waals surface area contributed by atoms with Gasteiger partial charge in [-0.25, -0.2) is 9.37 Å². The molecule has 6 heteroatoms. The van der Waals surface area contributed by atoms with Gasteiger partial charge in [-0.3, -0.25) is 4.79 Å². The van der Waals surface area contributed by atoms with Crippen LogP contribution < -0.4 is 5.32 Å². The van der Waals surface area contributed by atoms with Crippen LogP contribution in [0.5, 0.6) is 0 Å². The third-order valence-electron chi connectivity index (χ3n) is 2.72. The monoisotopic (exact) mass is 312 g/mol. The Kier molecular flexibility index (Phi) is 5.49. The zero-order valence-corrected chi connectivity index (χ0v) is 12.3. The second-order valence-corrected chi connectivity index (χ2v) is 5.44. The van der Waals surface area contributed by atoms with E-state index in [-0.39, 0.29) is 18.1 Å². The molecule has 0 unspecified atom stereocenters. The van der Waals surface area contributed by atoms with Crippen molar-refractivity contribution >= 4 is 28.8 Å². The molecule has 1 N–H and O–H groups in total. The van der Waals surface area contributed by atoms with E-state index >= 15 is 0 Å². The number of amides is 1. The van der Waals surface area contributed by atoms with Crippen molar-refractivity contribution in [2.75, 3.05) is 6.54 Å². The Morgan fingerprint density at radius 3 is 2.90 bits per heavy atom. The Balaban J connectivity index is 1.77. The molecule has 0 bridgehead atoms. The van der Waals surface area contributed by atoms with Crippen LogP contribution in [0.4, 0.5) is 4.39 Å². The molecule has 0 saturated heterocycles. The zero-order valence-electron chi connectivity index (χ0n) is 10.7. The normalized spacial score (nSPS) is 10.5. The Bertz CT molecular complexity index is 588. The molecule has 0 aliphatic carbocycles. The third-order valence-corrected chi connectivity index (χ3v) is 3.89. The van der Waals surface area contributed by atoms with Crippen LogP contribution in [0, 0.1) is 5.82 Å². The van der Waals surface area contributed by atoms with Gasteiger partial charge in [0.2, 0.25) is 5.91 Å². The van der Waals surface area contributed by atoms with Gasteiger partial charge in [0.1, 0.15) is 10.8 Å². The fourth-order valence-corrected chi connectivity index (χ4v) is 2.75. The molecule has 0 atom stereocenters. The summed E-state index contributed by atoms with van der Waals surface area (Å²) < 4.78 is 13.4. The number of carbonyl (C=O) groups is 1. The molecule has 1 heterocycles. The SMILES string of the molecule is O=C(Cc1nc(CCl)cs1)NCCc1ccccc1F. The van der Waals surface area contributed by atoms with Crippen LogP contribution in [0.15, 0.2) is 29.6 Å². The van der Waals surface area contributed by atoms with E-state index in [9.17, 15) is 9.18 Å². The maximum absolute atomic E-state index is 13.4. The van der Waals surface area contributed by atoms with Gasteiger partial charge in [-0.15, -0.1) is 22.9 Å². The van der Waals surface area contributed by atoms with Crippen molar-refractivity contribution in [3.63, 3.8) is 0 Å². The summed E-state index contributed by atoms with van der Waals surface area (Å²) in [7, 11) is 0. The highest BCUT2D eigenvalue weighted by Crippen LogP contribution is 2.12. The number of nitrogens with zero attached hydrogens (tertiary/aromatic N) is 1. The summed E-state index contributed by atoms with van der Waals surface area (Å²) in [5.41, 5.74) is 1.39. The minimum absolute atomic E-state index is 0.114. The summed E-state index contributed by atoms with van der Waals surface area (Å²) >= 11 is 7.07. The predicted octanol–water partition coefficient (Wildman–Crippen LogP) is 2.92. The van der Waals surface area contributed by atoms with Crippen LogP contribution in [0.2, 0.25) is 0 Å². The molecule has 0 radical (unpaired) electrons. The molecule has 1 aromatic heterocycles. The maximum atomic E-state index is 13.4. The second kappa shape index (κ2) is 7.36. The zero-order chi connectivity index (χ0) is 14.4. The fraction of sp³-hybridized carbons (Fsp3) is 0.286. The topological polar surface area (TPSA) is 42.0 Å². The number of benzene rings is 1. The van der Waals surface area contributed by atoms with Crippen LogP contribution in [-0.4, -0.2) is 17.4 Å². The fourth-order valence-electron chi connectivity index (χ4n) is 1.73. The molecular weight excluding hydrogens is 299 g/mol. The van der Waals surface area contributed by atoms with E-state index in [4.69, 9.17) is 11.6 Å². The molecule has 2 aromatic rings. The van der Waals surface area contributed by atoms with Crippen molar-refractivity contribution in [3.8, 4) is 0 Å². The van der Waals surface area contributed by atoms with Crippen molar-refractivity contribution in [2.45, 2.75) is 18.7 Å². The summed E-state index contributed by atoms with van der Waals surface area (Å²) in [6.07, 6.45) is 0.710. The minimum atomic E-state index is -0.242. The Hall–Kier alpha value is -1.46. The van der Waals surface area contributed by atoms with Gasteiger partial charge in [0.25, 0.3) is 0 Å². The van der Waals surface area contributed by atoms with Crippen molar-refractivity contribution in [1.29, 1.82) is 0 Å². The average molecular weight is 313 g/mol. The number of aromatic nitrogens is 1. The number of thiazole rings is 1. The van der Waals surface area contributed by atoms with Crippen molar-refractivity contribution < 1.29 is 9.18 Å². The van der Waals surface area contributed by atoms with Crippen LogP contribution in [0.25, 0.3) is 0 Å². The quantitative estimate of drug-likeness (QED) is 0.833. The molecule has 0 aliphatic heterocycles. The molecule has 1 amide bonds. The molecule has 0 saturated carbocycles. The van der Waals surface area contributed by atoms with Gasteiger partial charge in [-0.2, -0.15) is 0 Å². The third kappa shape index (κ3) is 4.28. The molecule has 20 heavy (non-hydrogen) atoms. The van der Waals surface area contributed by atoms with Crippen LogP contribution >= 0.6 is 22.9 Å². The Morgan fingerprint density at radius 1 is 1.40 bits per heavy atom. The molecule has 106 valence electrons. The lowest BCUT2D eigenvalue weighted by Crippen LogP contribution is -2.27. The molecule has 1 aromatic carbocycles. The van der Waals surface area contributed by atoms with Gasteiger partial charge in [-0.1, -0.05) is 18.2 Å². The summed E-state index contributed by atoms with van der Waals surface area (Å²) in [6.45, 7) is 0.410. The minimum Gasteiger partial charge on any atom is -0.355 e. The Morgan fingerprint density at radius 2 is 2.20 bits per heavy atom. The number of hydrogen-bond donors (Lipinski definition) is 1. The lowest BCUT2D eigenvalue weighted by Gasteiger charge is -2.05.